The lowest BCUT2D eigenvalue weighted by Crippen LogP contribution is -1.80. The number of rotatable bonds is 2. The zero-order chi connectivity index (χ0) is 15.2. The van der Waals surface area contributed by atoms with E-state index < -0.39 is 0 Å². The molecule has 2 aromatic carbocycles. The predicted octanol–water partition coefficient (Wildman–Crippen LogP) is 6.28. The Morgan fingerprint density at radius 1 is 0.950 bits per heavy atom. The normalized spacial score (nSPS) is 9.95. The highest BCUT2D eigenvalue weighted by atomic mass is 35.5. The Morgan fingerprint density at radius 2 is 1.35 bits per heavy atom. The quantitative estimate of drug-likeness (QED) is 0.271. The van der Waals surface area contributed by atoms with E-state index in [4.69, 9.17) is 34.3 Å². The molecule has 0 heterocycles. The molecule has 0 aliphatic carbocycles. The van der Waals surface area contributed by atoms with Crippen LogP contribution in [0.2, 0.25) is 0 Å². The summed E-state index contributed by atoms with van der Waals surface area (Å²) in [6, 6.07) is 20.0. The van der Waals surface area contributed by atoms with Crippen LogP contribution < -0.4 is 0 Å². The van der Waals surface area contributed by atoms with Crippen LogP contribution in [0.25, 0.3) is 16.0 Å². The minimum Gasteiger partial charge on any atom is -0.373 e. The van der Waals surface area contributed by atoms with Crippen LogP contribution in [0, 0.1) is 0 Å². The number of benzene rings is 2. The van der Waals surface area contributed by atoms with Crippen molar-refractivity contribution in [2.45, 2.75) is 18.2 Å². The monoisotopic (exact) mass is 308 g/mol. The summed E-state index contributed by atoms with van der Waals surface area (Å²) < 4.78 is 0. The third kappa shape index (κ3) is 9.29. The second kappa shape index (κ2) is 12.4. The highest BCUT2D eigenvalue weighted by molar-refractivity contribution is 6.20. The lowest BCUT2D eigenvalue weighted by Gasteiger charge is -1.99. The van der Waals surface area contributed by atoms with E-state index in [9.17, 15) is 0 Å². The van der Waals surface area contributed by atoms with Gasteiger partial charge in [-0.3, -0.25) is 4.91 Å². The summed E-state index contributed by atoms with van der Waals surface area (Å²) in [5, 5.41) is 0.131. The minimum absolute atomic E-state index is 0.131. The summed E-state index contributed by atoms with van der Waals surface area (Å²) in [5.74, 6) is 0.612. The van der Waals surface area contributed by atoms with Crippen LogP contribution in [0.1, 0.15) is 23.4 Å². The maximum absolute atomic E-state index is 6.75. The molecule has 0 bridgehead atoms. The molecule has 0 spiro atoms. The molecule has 1 unspecified atom stereocenters. The minimum atomic E-state index is 0.131. The molecule has 0 N–H and O–H groups in total. The van der Waals surface area contributed by atoms with Gasteiger partial charge in [-0.25, -0.2) is 0 Å². The zero-order valence-electron chi connectivity index (χ0n) is 11.2. The first-order valence-electron chi connectivity index (χ1n) is 5.93. The van der Waals surface area contributed by atoms with Crippen molar-refractivity contribution in [3.63, 3.8) is 0 Å². The smallest absolute Gasteiger partial charge is 0.0557 e. The zero-order valence-corrected chi connectivity index (χ0v) is 12.7. The third-order valence-electron chi connectivity index (χ3n) is 2.26. The van der Waals surface area contributed by atoms with Crippen molar-refractivity contribution in [2.24, 2.45) is 0 Å². The van der Waals surface area contributed by atoms with Gasteiger partial charge in [0, 0.05) is 5.88 Å². The van der Waals surface area contributed by atoms with Crippen LogP contribution in [0.5, 0.6) is 0 Å². The molecule has 0 fully saturated rings. The molecule has 0 aliphatic heterocycles. The van der Waals surface area contributed by atoms with Gasteiger partial charge in [-0.05, 0) is 18.1 Å². The molecule has 106 valence electrons. The fourth-order valence-electron chi connectivity index (χ4n) is 1.29. The van der Waals surface area contributed by atoms with Gasteiger partial charge in [-0.15, -0.1) is 23.2 Å². The third-order valence-corrected chi connectivity index (χ3v) is 2.82. The second-order valence-electron chi connectivity index (χ2n) is 3.74. The summed E-state index contributed by atoms with van der Waals surface area (Å²) in [6.45, 7) is 1.97. The highest BCUT2D eigenvalue weighted by Gasteiger charge is 1.95. The van der Waals surface area contributed by atoms with Gasteiger partial charge < -0.3 is 11.1 Å². The van der Waals surface area contributed by atoms with Crippen LogP contribution in [-0.4, -0.2) is 0 Å². The lowest BCUT2D eigenvalue weighted by molar-refractivity contribution is 1.08. The summed E-state index contributed by atoms with van der Waals surface area (Å²) in [4.78, 5) is 1.50. The van der Waals surface area contributed by atoms with Gasteiger partial charge in [0.2, 0.25) is 0 Å². The Morgan fingerprint density at radius 3 is 1.60 bits per heavy atom. The van der Waals surface area contributed by atoms with E-state index in [1.54, 1.807) is 0 Å². The van der Waals surface area contributed by atoms with E-state index >= 15 is 0 Å². The van der Waals surface area contributed by atoms with Gasteiger partial charge in [-0.1, -0.05) is 60.7 Å². The van der Waals surface area contributed by atoms with Crippen LogP contribution >= 0.6 is 23.2 Å². The molecule has 0 amide bonds. The predicted molar refractivity (Wildman–Crippen MR) is 86.8 cm³/mol. The van der Waals surface area contributed by atoms with Gasteiger partial charge in [0.25, 0.3) is 0 Å². The van der Waals surface area contributed by atoms with E-state index in [2.05, 4.69) is 0 Å². The topological polar surface area (TPSA) is 58.7 Å². The van der Waals surface area contributed by atoms with E-state index in [0.717, 1.165) is 0 Å². The summed E-state index contributed by atoms with van der Waals surface area (Å²) in [5.41, 5.74) is 15.9. The molecule has 20 heavy (non-hydrogen) atoms. The van der Waals surface area contributed by atoms with Crippen LogP contribution in [0.4, 0.5) is 0 Å². The number of hydrogen-bond acceptors (Lipinski definition) is 0. The Bertz CT molecular complexity index is 481. The summed E-state index contributed by atoms with van der Waals surface area (Å²) >= 11 is 11.3. The average molecular weight is 309 g/mol. The van der Waals surface area contributed by atoms with Gasteiger partial charge in [-0.2, -0.15) is 0 Å². The number of alkyl halides is 2. The molecule has 0 saturated heterocycles. The average Bonchev–Trinajstić information content (AvgIpc) is 2.50. The van der Waals surface area contributed by atoms with Gasteiger partial charge >= 0.3 is 0 Å². The van der Waals surface area contributed by atoms with Crippen LogP contribution in [0.3, 0.4) is 0 Å². The van der Waals surface area contributed by atoms with Crippen molar-refractivity contribution in [3.05, 3.63) is 87.8 Å². The van der Waals surface area contributed by atoms with Crippen molar-refractivity contribution < 1.29 is 0 Å². The molecule has 0 aromatic heterocycles. The van der Waals surface area contributed by atoms with E-state index in [0.29, 0.717) is 5.88 Å². The Balaban J connectivity index is 0.000000304. The number of halogens is 2. The van der Waals surface area contributed by atoms with Crippen molar-refractivity contribution in [2.75, 3.05) is 0 Å². The van der Waals surface area contributed by atoms with Crippen LogP contribution in [0.15, 0.2) is 60.7 Å². The molecule has 2 rings (SSSR count). The summed E-state index contributed by atoms with van der Waals surface area (Å²) in [6.07, 6.45) is 0. The largest absolute Gasteiger partial charge is 0.373 e. The SMILES string of the molecule is CC(Cl)c1ccccc1.ClCc1ccccc1.[N-]=[N+]=[N-]. The first-order chi connectivity index (χ1) is 9.65. The highest BCUT2D eigenvalue weighted by Crippen LogP contribution is 2.17. The summed E-state index contributed by atoms with van der Waals surface area (Å²) in [7, 11) is 0. The van der Waals surface area contributed by atoms with Gasteiger partial charge in [0.15, 0.2) is 0 Å². The molecule has 5 heteroatoms. The maximum Gasteiger partial charge on any atom is 0.0557 e. The molecule has 2 aromatic rings. The standard InChI is InChI=1S/C8H9Cl.C7H7Cl.N3/c1-7(9)8-5-3-2-4-6-8;8-6-7-4-2-1-3-5-7;1-3-2/h2-7H,1H3;1-5H,6H2;/q;;-1. The van der Waals surface area contributed by atoms with E-state index in [1.807, 2.05) is 67.6 Å². The molecule has 0 radical (unpaired) electrons. The molecule has 1 atom stereocenters. The fourth-order valence-corrected chi connectivity index (χ4v) is 1.61. The second-order valence-corrected chi connectivity index (χ2v) is 4.66. The van der Waals surface area contributed by atoms with E-state index in [-0.39, 0.29) is 5.38 Å². The molecule has 0 saturated carbocycles. The first kappa shape index (κ1) is 18.3. The Kier molecular flexibility index (Phi) is 11.3. The van der Waals surface area contributed by atoms with Crippen LogP contribution in [-0.2, 0) is 5.88 Å². The van der Waals surface area contributed by atoms with Gasteiger partial charge in [0.1, 0.15) is 0 Å². The Hall–Kier alpha value is -1.67. The number of hydrogen-bond donors (Lipinski definition) is 0. The fraction of sp³-hybridized carbons (Fsp3) is 0.200. The van der Waals surface area contributed by atoms with Crippen molar-refractivity contribution in [1.82, 2.24) is 0 Å². The van der Waals surface area contributed by atoms with E-state index in [1.165, 1.54) is 16.0 Å². The molecular weight excluding hydrogens is 293 g/mol. The lowest BCUT2D eigenvalue weighted by atomic mass is 10.2. The Labute approximate surface area is 129 Å². The first-order valence-corrected chi connectivity index (χ1v) is 6.90. The number of nitrogens with zero attached hydrogens (tertiary/aromatic N) is 3. The maximum atomic E-state index is 6.75. The van der Waals surface area contributed by atoms with Crippen molar-refractivity contribution >= 4 is 23.2 Å². The molecule has 3 nitrogen and oxygen atoms in total. The van der Waals surface area contributed by atoms with Gasteiger partial charge in [0.05, 0.1) is 5.38 Å². The molecule has 0 aliphatic rings. The van der Waals surface area contributed by atoms with Crippen molar-refractivity contribution in [1.29, 1.82) is 0 Å². The molecular formula is C15H16Cl2N3-. The van der Waals surface area contributed by atoms with Crippen molar-refractivity contribution in [3.8, 4) is 0 Å².